The van der Waals surface area contributed by atoms with Crippen LogP contribution in [-0.2, 0) is 9.47 Å². The lowest BCUT2D eigenvalue weighted by molar-refractivity contribution is 0.0588. The van der Waals surface area contributed by atoms with Gasteiger partial charge in [-0.1, -0.05) is 36.8 Å². The molecule has 0 amide bonds. The summed E-state index contributed by atoms with van der Waals surface area (Å²) in [7, 11) is 1.69. The summed E-state index contributed by atoms with van der Waals surface area (Å²) in [4.78, 5) is 0. The van der Waals surface area contributed by atoms with Crippen molar-refractivity contribution in [3.63, 3.8) is 0 Å². The second-order valence-electron chi connectivity index (χ2n) is 4.09. The minimum absolute atomic E-state index is 0.262. The van der Waals surface area contributed by atoms with Crippen LogP contribution < -0.4 is 5.32 Å². The molecule has 96 valence electrons. The minimum Gasteiger partial charge on any atom is -0.382 e. The van der Waals surface area contributed by atoms with Crippen molar-refractivity contribution in [3.8, 4) is 0 Å². The van der Waals surface area contributed by atoms with Gasteiger partial charge in [-0.15, -0.1) is 0 Å². The number of hydrogen-bond acceptors (Lipinski definition) is 3. The first kappa shape index (κ1) is 14.2. The Balaban J connectivity index is 2.49. The number of rotatable bonds is 8. The number of methoxy groups -OCH3 is 1. The maximum Gasteiger partial charge on any atom is 0.0701 e. The highest BCUT2D eigenvalue weighted by atomic mass is 16.5. The maximum atomic E-state index is 5.59. The highest BCUT2D eigenvalue weighted by molar-refractivity contribution is 5.24. The average molecular weight is 237 g/mol. The van der Waals surface area contributed by atoms with E-state index < -0.39 is 0 Å². The van der Waals surface area contributed by atoms with Crippen molar-refractivity contribution in [2.45, 2.75) is 19.9 Å². The Hall–Kier alpha value is -0.900. The largest absolute Gasteiger partial charge is 0.382 e. The highest BCUT2D eigenvalue weighted by Gasteiger charge is 2.09. The maximum absolute atomic E-state index is 5.59. The van der Waals surface area contributed by atoms with Gasteiger partial charge in [-0.3, -0.25) is 0 Å². The molecule has 0 saturated heterocycles. The molecular weight excluding hydrogens is 214 g/mol. The molecule has 0 spiro atoms. The fourth-order valence-corrected chi connectivity index (χ4v) is 1.66. The lowest BCUT2D eigenvalue weighted by Crippen LogP contribution is -2.26. The van der Waals surface area contributed by atoms with Crippen molar-refractivity contribution < 1.29 is 9.47 Å². The summed E-state index contributed by atoms with van der Waals surface area (Å²) in [6.45, 7) is 7.11. The first-order chi connectivity index (χ1) is 8.27. The SMILES string of the molecule is CCNC(COCCOC)c1ccc(C)cc1. The van der Waals surface area contributed by atoms with E-state index in [-0.39, 0.29) is 6.04 Å². The van der Waals surface area contributed by atoms with E-state index >= 15 is 0 Å². The van der Waals surface area contributed by atoms with Crippen LogP contribution in [-0.4, -0.2) is 33.5 Å². The molecule has 0 radical (unpaired) electrons. The number of benzene rings is 1. The molecule has 0 bridgehead atoms. The van der Waals surface area contributed by atoms with E-state index in [1.165, 1.54) is 11.1 Å². The van der Waals surface area contributed by atoms with Crippen LogP contribution >= 0.6 is 0 Å². The van der Waals surface area contributed by atoms with Gasteiger partial charge in [0.15, 0.2) is 0 Å². The molecular formula is C14H23NO2. The van der Waals surface area contributed by atoms with Crippen LogP contribution in [0, 0.1) is 6.92 Å². The fraction of sp³-hybridized carbons (Fsp3) is 0.571. The second kappa shape index (κ2) is 8.23. The molecule has 1 aromatic carbocycles. The molecule has 0 saturated carbocycles. The van der Waals surface area contributed by atoms with Crippen molar-refractivity contribution >= 4 is 0 Å². The molecule has 1 N–H and O–H groups in total. The van der Waals surface area contributed by atoms with Crippen molar-refractivity contribution in [3.05, 3.63) is 35.4 Å². The fourth-order valence-electron chi connectivity index (χ4n) is 1.66. The van der Waals surface area contributed by atoms with E-state index in [9.17, 15) is 0 Å². The molecule has 1 unspecified atom stereocenters. The summed E-state index contributed by atoms with van der Waals surface area (Å²) in [5, 5.41) is 3.43. The van der Waals surface area contributed by atoms with Crippen molar-refractivity contribution in [1.29, 1.82) is 0 Å². The van der Waals surface area contributed by atoms with Gasteiger partial charge in [0.05, 0.1) is 25.9 Å². The summed E-state index contributed by atoms with van der Waals surface area (Å²) >= 11 is 0. The Morgan fingerprint density at radius 1 is 1.18 bits per heavy atom. The molecule has 0 heterocycles. The van der Waals surface area contributed by atoms with Crippen LogP contribution in [0.1, 0.15) is 24.1 Å². The number of likely N-dealkylation sites (N-methyl/N-ethyl adjacent to an activating group) is 1. The van der Waals surface area contributed by atoms with Crippen molar-refractivity contribution in [2.24, 2.45) is 0 Å². The molecule has 0 aliphatic rings. The van der Waals surface area contributed by atoms with E-state index in [2.05, 4.69) is 43.4 Å². The summed E-state index contributed by atoms with van der Waals surface area (Å²) in [5.41, 5.74) is 2.55. The third-order valence-electron chi connectivity index (χ3n) is 2.65. The van der Waals surface area contributed by atoms with Crippen LogP contribution in [0.3, 0.4) is 0 Å². The van der Waals surface area contributed by atoms with Crippen LogP contribution in [0.5, 0.6) is 0 Å². The molecule has 3 heteroatoms. The number of nitrogens with one attached hydrogen (secondary N) is 1. The molecule has 17 heavy (non-hydrogen) atoms. The van der Waals surface area contributed by atoms with Crippen LogP contribution in [0.15, 0.2) is 24.3 Å². The summed E-state index contributed by atoms with van der Waals surface area (Å²) < 4.78 is 10.5. The number of hydrogen-bond donors (Lipinski definition) is 1. The van der Waals surface area contributed by atoms with E-state index in [0.29, 0.717) is 19.8 Å². The third kappa shape index (κ3) is 5.31. The van der Waals surface area contributed by atoms with E-state index in [1.807, 2.05) is 0 Å². The first-order valence-electron chi connectivity index (χ1n) is 6.14. The van der Waals surface area contributed by atoms with Gasteiger partial charge in [0, 0.05) is 7.11 Å². The first-order valence-corrected chi connectivity index (χ1v) is 6.14. The average Bonchev–Trinajstić information content (AvgIpc) is 2.34. The molecule has 0 aromatic heterocycles. The standard InChI is InChI=1S/C14H23NO2/c1-4-15-14(11-17-10-9-16-3)13-7-5-12(2)6-8-13/h5-8,14-15H,4,9-11H2,1-3H3. The molecule has 1 atom stereocenters. The van der Waals surface area contributed by atoms with Crippen LogP contribution in [0.4, 0.5) is 0 Å². The normalized spacial score (nSPS) is 12.6. The van der Waals surface area contributed by atoms with E-state index in [1.54, 1.807) is 7.11 Å². The molecule has 0 fully saturated rings. The van der Waals surface area contributed by atoms with Crippen LogP contribution in [0.2, 0.25) is 0 Å². The molecule has 3 nitrogen and oxygen atoms in total. The Morgan fingerprint density at radius 3 is 2.47 bits per heavy atom. The van der Waals surface area contributed by atoms with Gasteiger partial charge in [-0.2, -0.15) is 0 Å². The smallest absolute Gasteiger partial charge is 0.0701 e. The van der Waals surface area contributed by atoms with Gasteiger partial charge in [0.1, 0.15) is 0 Å². The van der Waals surface area contributed by atoms with Crippen LogP contribution in [0.25, 0.3) is 0 Å². The number of aryl methyl sites for hydroxylation is 1. The predicted octanol–water partition coefficient (Wildman–Crippen LogP) is 2.31. The summed E-state index contributed by atoms with van der Waals surface area (Å²) in [5.74, 6) is 0. The molecule has 1 rings (SSSR count). The zero-order chi connectivity index (χ0) is 12.5. The van der Waals surface area contributed by atoms with Crippen molar-refractivity contribution in [2.75, 3.05) is 33.5 Å². The second-order valence-corrected chi connectivity index (χ2v) is 4.09. The molecule has 1 aromatic rings. The van der Waals surface area contributed by atoms with E-state index in [0.717, 1.165) is 6.54 Å². The quantitative estimate of drug-likeness (QED) is 0.704. The lowest BCUT2D eigenvalue weighted by Gasteiger charge is -2.18. The molecule has 0 aliphatic heterocycles. The zero-order valence-electron chi connectivity index (χ0n) is 11.0. The monoisotopic (exact) mass is 237 g/mol. The Kier molecular flexibility index (Phi) is 6.86. The van der Waals surface area contributed by atoms with Gasteiger partial charge >= 0.3 is 0 Å². The summed E-state index contributed by atoms with van der Waals surface area (Å²) in [6.07, 6.45) is 0. The van der Waals surface area contributed by atoms with Crippen molar-refractivity contribution in [1.82, 2.24) is 5.32 Å². The Morgan fingerprint density at radius 2 is 1.88 bits per heavy atom. The van der Waals surface area contributed by atoms with Gasteiger partial charge in [-0.25, -0.2) is 0 Å². The summed E-state index contributed by atoms with van der Waals surface area (Å²) in [6, 6.07) is 8.84. The van der Waals surface area contributed by atoms with Gasteiger partial charge in [-0.05, 0) is 19.0 Å². The van der Waals surface area contributed by atoms with Gasteiger partial charge < -0.3 is 14.8 Å². The lowest BCUT2D eigenvalue weighted by atomic mass is 10.1. The minimum atomic E-state index is 0.262. The molecule has 0 aliphatic carbocycles. The number of ether oxygens (including phenoxy) is 2. The van der Waals surface area contributed by atoms with E-state index in [4.69, 9.17) is 9.47 Å². The van der Waals surface area contributed by atoms with Gasteiger partial charge in [0.2, 0.25) is 0 Å². The Bertz CT molecular complexity index is 298. The third-order valence-corrected chi connectivity index (χ3v) is 2.65. The Labute approximate surface area is 104 Å². The topological polar surface area (TPSA) is 30.5 Å². The zero-order valence-corrected chi connectivity index (χ0v) is 11.0. The predicted molar refractivity (Wildman–Crippen MR) is 70.3 cm³/mol. The highest BCUT2D eigenvalue weighted by Crippen LogP contribution is 2.14. The van der Waals surface area contributed by atoms with Gasteiger partial charge in [0.25, 0.3) is 0 Å².